The van der Waals surface area contributed by atoms with Crippen LogP contribution in [-0.2, 0) is 4.79 Å². The molecule has 0 unspecified atom stereocenters. The molecule has 0 saturated carbocycles. The molecule has 1 heterocycles. The summed E-state index contributed by atoms with van der Waals surface area (Å²) in [6.07, 6.45) is 2.03. The van der Waals surface area contributed by atoms with Gasteiger partial charge in [0, 0.05) is 17.3 Å². The van der Waals surface area contributed by atoms with Crippen molar-refractivity contribution in [3.8, 4) is 0 Å². The lowest BCUT2D eigenvalue weighted by Crippen LogP contribution is -2.31. The average molecular weight is 249 g/mol. The lowest BCUT2D eigenvalue weighted by Gasteiger charge is -2.20. The van der Waals surface area contributed by atoms with Crippen LogP contribution in [0.2, 0.25) is 5.02 Å². The molecule has 2 rings (SSSR count). The lowest BCUT2D eigenvalue weighted by molar-refractivity contribution is -0.117. The molecular weight excluding hydrogens is 236 g/mol. The SMILES string of the molecule is C=CCN1C(=O)CC(C)=Nc2ccc(Cl)cc21. The van der Waals surface area contributed by atoms with Gasteiger partial charge in [-0.3, -0.25) is 9.79 Å². The minimum atomic E-state index is 0.0205. The van der Waals surface area contributed by atoms with E-state index in [1.807, 2.05) is 13.0 Å². The summed E-state index contributed by atoms with van der Waals surface area (Å²) in [5.41, 5.74) is 2.34. The number of halogens is 1. The Morgan fingerprint density at radius 2 is 2.35 bits per heavy atom. The Labute approximate surface area is 105 Å². The highest BCUT2D eigenvalue weighted by Gasteiger charge is 2.21. The number of carbonyl (C=O) groups excluding carboxylic acids is 1. The summed E-state index contributed by atoms with van der Waals surface area (Å²) >= 11 is 5.97. The second-order valence-corrected chi connectivity index (χ2v) is 4.39. The van der Waals surface area contributed by atoms with E-state index in [1.54, 1.807) is 23.1 Å². The zero-order valence-electron chi connectivity index (χ0n) is 9.61. The van der Waals surface area contributed by atoms with Gasteiger partial charge < -0.3 is 4.90 Å². The first kappa shape index (κ1) is 11.9. The molecule has 1 aromatic rings. The summed E-state index contributed by atoms with van der Waals surface area (Å²) in [6.45, 7) is 5.99. The Kier molecular flexibility index (Phi) is 3.29. The van der Waals surface area contributed by atoms with Gasteiger partial charge in [0.25, 0.3) is 0 Å². The standard InChI is InChI=1S/C13H13ClN2O/c1-3-6-16-12-8-10(14)4-5-11(12)15-9(2)7-13(16)17/h3-5,8H,1,6-7H2,2H3. The molecule has 0 atom stereocenters. The highest BCUT2D eigenvalue weighted by atomic mass is 35.5. The number of carbonyl (C=O) groups is 1. The highest BCUT2D eigenvalue weighted by molar-refractivity contribution is 6.31. The van der Waals surface area contributed by atoms with Crippen LogP contribution in [-0.4, -0.2) is 18.2 Å². The Hall–Kier alpha value is -1.61. The molecule has 0 aliphatic carbocycles. The largest absolute Gasteiger partial charge is 0.306 e. The van der Waals surface area contributed by atoms with Crippen molar-refractivity contribution in [3.63, 3.8) is 0 Å². The normalized spacial score (nSPS) is 15.1. The van der Waals surface area contributed by atoms with Gasteiger partial charge in [-0.1, -0.05) is 17.7 Å². The van der Waals surface area contributed by atoms with E-state index in [2.05, 4.69) is 11.6 Å². The molecule has 3 nitrogen and oxygen atoms in total. The minimum Gasteiger partial charge on any atom is -0.306 e. The molecule has 1 aliphatic rings. The molecule has 0 aromatic heterocycles. The van der Waals surface area contributed by atoms with Crippen LogP contribution in [0.5, 0.6) is 0 Å². The smallest absolute Gasteiger partial charge is 0.233 e. The van der Waals surface area contributed by atoms with E-state index in [4.69, 9.17) is 11.6 Å². The van der Waals surface area contributed by atoms with Gasteiger partial charge in [0.1, 0.15) is 0 Å². The fourth-order valence-electron chi connectivity index (χ4n) is 1.83. The maximum absolute atomic E-state index is 12.0. The molecule has 88 valence electrons. The Balaban J connectivity index is 2.56. The van der Waals surface area contributed by atoms with Crippen molar-refractivity contribution in [2.45, 2.75) is 13.3 Å². The third kappa shape index (κ3) is 2.39. The average Bonchev–Trinajstić information content (AvgIpc) is 2.38. The first-order valence-electron chi connectivity index (χ1n) is 5.37. The number of rotatable bonds is 2. The molecule has 0 spiro atoms. The van der Waals surface area contributed by atoms with Crippen LogP contribution in [0, 0.1) is 0 Å². The zero-order valence-corrected chi connectivity index (χ0v) is 10.4. The van der Waals surface area contributed by atoms with Gasteiger partial charge in [-0.05, 0) is 25.1 Å². The second kappa shape index (κ2) is 4.72. The van der Waals surface area contributed by atoms with E-state index >= 15 is 0 Å². The van der Waals surface area contributed by atoms with Crippen LogP contribution in [0.25, 0.3) is 0 Å². The maximum Gasteiger partial charge on any atom is 0.233 e. The van der Waals surface area contributed by atoms with Gasteiger partial charge >= 0.3 is 0 Å². The summed E-state index contributed by atoms with van der Waals surface area (Å²) < 4.78 is 0. The van der Waals surface area contributed by atoms with E-state index in [0.29, 0.717) is 18.0 Å². The van der Waals surface area contributed by atoms with Crippen LogP contribution in [0.3, 0.4) is 0 Å². The van der Waals surface area contributed by atoms with Gasteiger partial charge in [-0.2, -0.15) is 0 Å². The highest BCUT2D eigenvalue weighted by Crippen LogP contribution is 2.34. The lowest BCUT2D eigenvalue weighted by atomic mass is 10.2. The fraction of sp³-hybridized carbons (Fsp3) is 0.231. The molecule has 0 fully saturated rings. The molecule has 1 aromatic carbocycles. The second-order valence-electron chi connectivity index (χ2n) is 3.95. The van der Waals surface area contributed by atoms with Crippen molar-refractivity contribution in [2.75, 3.05) is 11.4 Å². The predicted octanol–water partition coefficient (Wildman–Crippen LogP) is 3.36. The molecule has 1 amide bonds. The van der Waals surface area contributed by atoms with E-state index in [0.717, 1.165) is 17.1 Å². The monoisotopic (exact) mass is 248 g/mol. The third-order valence-corrected chi connectivity index (χ3v) is 2.79. The Morgan fingerprint density at radius 1 is 1.59 bits per heavy atom. The van der Waals surface area contributed by atoms with Crippen molar-refractivity contribution in [1.29, 1.82) is 0 Å². The Morgan fingerprint density at radius 3 is 3.06 bits per heavy atom. The first-order valence-corrected chi connectivity index (χ1v) is 5.74. The van der Waals surface area contributed by atoms with Gasteiger partial charge in [0.05, 0.1) is 17.8 Å². The molecule has 4 heteroatoms. The molecule has 0 bridgehead atoms. The van der Waals surface area contributed by atoms with Crippen molar-refractivity contribution in [3.05, 3.63) is 35.9 Å². The van der Waals surface area contributed by atoms with E-state index in [9.17, 15) is 4.79 Å². The number of hydrogen-bond acceptors (Lipinski definition) is 2. The van der Waals surface area contributed by atoms with Crippen LogP contribution < -0.4 is 4.90 Å². The Bertz CT molecular complexity index is 508. The van der Waals surface area contributed by atoms with Crippen molar-refractivity contribution in [2.24, 2.45) is 4.99 Å². The number of fused-ring (bicyclic) bond motifs is 1. The summed E-state index contributed by atoms with van der Waals surface area (Å²) in [5, 5.41) is 0.598. The number of aliphatic imine (C=N–C) groups is 1. The maximum atomic E-state index is 12.0. The predicted molar refractivity (Wildman–Crippen MR) is 71.4 cm³/mol. The van der Waals surface area contributed by atoms with Crippen LogP contribution in [0.4, 0.5) is 11.4 Å². The number of amides is 1. The van der Waals surface area contributed by atoms with Gasteiger partial charge in [-0.15, -0.1) is 6.58 Å². The molecular formula is C13H13ClN2O. The molecule has 1 aliphatic heterocycles. The fourth-order valence-corrected chi connectivity index (χ4v) is 2.00. The first-order chi connectivity index (χ1) is 8.11. The van der Waals surface area contributed by atoms with Crippen LogP contribution >= 0.6 is 11.6 Å². The van der Waals surface area contributed by atoms with Crippen molar-refractivity contribution >= 4 is 34.6 Å². The van der Waals surface area contributed by atoms with Gasteiger partial charge in [0.2, 0.25) is 5.91 Å². The van der Waals surface area contributed by atoms with E-state index < -0.39 is 0 Å². The zero-order chi connectivity index (χ0) is 12.4. The summed E-state index contributed by atoms with van der Waals surface area (Å²) in [6, 6.07) is 5.37. The van der Waals surface area contributed by atoms with E-state index in [-0.39, 0.29) is 5.91 Å². The van der Waals surface area contributed by atoms with Crippen LogP contribution in [0.15, 0.2) is 35.8 Å². The summed E-state index contributed by atoms with van der Waals surface area (Å²) in [7, 11) is 0. The number of benzene rings is 1. The van der Waals surface area contributed by atoms with Crippen molar-refractivity contribution in [1.82, 2.24) is 0 Å². The summed E-state index contributed by atoms with van der Waals surface area (Å²) in [4.78, 5) is 18.1. The van der Waals surface area contributed by atoms with E-state index in [1.165, 1.54) is 0 Å². The molecule has 17 heavy (non-hydrogen) atoms. The van der Waals surface area contributed by atoms with Gasteiger partial charge in [0.15, 0.2) is 0 Å². The van der Waals surface area contributed by atoms with Gasteiger partial charge in [-0.25, -0.2) is 0 Å². The minimum absolute atomic E-state index is 0.0205. The molecule has 0 saturated heterocycles. The van der Waals surface area contributed by atoms with Crippen LogP contribution in [0.1, 0.15) is 13.3 Å². The number of hydrogen-bond donors (Lipinski definition) is 0. The number of anilines is 1. The quantitative estimate of drug-likeness (QED) is 0.739. The third-order valence-electron chi connectivity index (χ3n) is 2.56. The number of nitrogens with zero attached hydrogens (tertiary/aromatic N) is 2. The summed E-state index contributed by atoms with van der Waals surface area (Å²) in [5.74, 6) is 0.0205. The molecule has 0 radical (unpaired) electrons. The molecule has 0 N–H and O–H groups in total. The topological polar surface area (TPSA) is 32.7 Å². The van der Waals surface area contributed by atoms with Crippen molar-refractivity contribution < 1.29 is 4.79 Å².